The minimum atomic E-state index is -0.433. The van der Waals surface area contributed by atoms with Crippen LogP contribution in [0.1, 0.15) is 27.5 Å². The topological polar surface area (TPSA) is 53.2 Å². The Morgan fingerprint density at radius 2 is 1.60 bits per heavy atom. The van der Waals surface area contributed by atoms with E-state index in [4.69, 9.17) is 23.8 Å². The molecule has 152 valence electrons. The molecule has 4 rings (SSSR count). The van der Waals surface area contributed by atoms with Crippen molar-refractivity contribution >= 4 is 40.4 Å². The Morgan fingerprint density at radius 3 is 2.27 bits per heavy atom. The Morgan fingerprint density at radius 1 is 0.933 bits per heavy atom. The van der Waals surface area contributed by atoms with Gasteiger partial charge in [0.25, 0.3) is 0 Å². The largest absolute Gasteiger partial charge is 0.365 e. The molecule has 3 aromatic rings. The van der Waals surface area contributed by atoms with E-state index in [0.29, 0.717) is 15.7 Å². The summed E-state index contributed by atoms with van der Waals surface area (Å²) in [6, 6.07) is 24.7. The first-order valence-electron chi connectivity index (χ1n) is 9.76. The fourth-order valence-electron chi connectivity index (χ4n) is 3.71. The van der Waals surface area contributed by atoms with Crippen LogP contribution in [0.4, 0.5) is 5.69 Å². The van der Waals surface area contributed by atoms with Crippen LogP contribution in [-0.2, 0) is 0 Å². The second-order valence-electron chi connectivity index (χ2n) is 7.39. The number of Topliss-reactive ketones (excluding diaryl/α,β-unsaturated/α-hetero) is 1. The van der Waals surface area contributed by atoms with Crippen LogP contribution in [0.5, 0.6) is 0 Å². The molecule has 3 atom stereocenters. The molecular formula is C24H22ClN3OS. The fourth-order valence-corrected chi connectivity index (χ4v) is 4.09. The number of aryl methyl sites for hydroxylation is 1. The van der Waals surface area contributed by atoms with Gasteiger partial charge in [-0.25, -0.2) is 0 Å². The molecule has 4 nitrogen and oxygen atoms in total. The lowest BCUT2D eigenvalue weighted by molar-refractivity contribution is 0.0862. The van der Waals surface area contributed by atoms with Crippen molar-refractivity contribution < 1.29 is 4.79 Å². The van der Waals surface area contributed by atoms with Gasteiger partial charge in [0.2, 0.25) is 0 Å². The van der Waals surface area contributed by atoms with Crippen molar-refractivity contribution in [2.45, 2.75) is 19.1 Å². The molecule has 30 heavy (non-hydrogen) atoms. The summed E-state index contributed by atoms with van der Waals surface area (Å²) >= 11 is 11.5. The summed E-state index contributed by atoms with van der Waals surface area (Å²) in [5, 5.41) is 11.1. The van der Waals surface area contributed by atoms with E-state index >= 15 is 0 Å². The number of carbonyl (C=O) groups excluding carboxylic acids is 1. The lowest BCUT2D eigenvalue weighted by Gasteiger charge is -2.41. The van der Waals surface area contributed by atoms with Crippen LogP contribution < -0.4 is 16.0 Å². The highest BCUT2D eigenvalue weighted by Crippen LogP contribution is 2.32. The molecule has 1 saturated heterocycles. The summed E-state index contributed by atoms with van der Waals surface area (Å²) in [4.78, 5) is 13.7. The number of benzene rings is 3. The van der Waals surface area contributed by atoms with Gasteiger partial charge < -0.3 is 16.0 Å². The minimum Gasteiger partial charge on any atom is -0.365 e. The number of hydrogen-bond donors (Lipinski definition) is 3. The summed E-state index contributed by atoms with van der Waals surface area (Å²) in [5.74, 6) is -0.393. The van der Waals surface area contributed by atoms with Crippen molar-refractivity contribution in [1.29, 1.82) is 0 Å². The number of halogens is 1. The van der Waals surface area contributed by atoms with Crippen molar-refractivity contribution in [2.75, 3.05) is 5.32 Å². The zero-order valence-corrected chi connectivity index (χ0v) is 18.0. The third-order valence-electron chi connectivity index (χ3n) is 5.26. The number of ketones is 1. The molecule has 3 aromatic carbocycles. The van der Waals surface area contributed by atoms with Gasteiger partial charge in [-0.05, 0) is 49.0 Å². The molecule has 0 radical (unpaired) electrons. The predicted molar refractivity (Wildman–Crippen MR) is 126 cm³/mol. The summed E-state index contributed by atoms with van der Waals surface area (Å²) in [5.41, 5.74) is 3.65. The average molecular weight is 436 g/mol. The fraction of sp³-hybridized carbons (Fsp3) is 0.167. The first-order chi connectivity index (χ1) is 14.5. The predicted octanol–water partition coefficient (Wildman–Crippen LogP) is 5.10. The van der Waals surface area contributed by atoms with Crippen LogP contribution in [0, 0.1) is 12.8 Å². The van der Waals surface area contributed by atoms with E-state index in [1.807, 2.05) is 85.8 Å². The molecule has 1 fully saturated rings. The number of anilines is 1. The third-order valence-corrected chi connectivity index (χ3v) is 5.74. The summed E-state index contributed by atoms with van der Waals surface area (Å²) in [6.45, 7) is 2.01. The molecule has 0 spiro atoms. The summed E-state index contributed by atoms with van der Waals surface area (Å²) < 4.78 is 0. The van der Waals surface area contributed by atoms with Gasteiger partial charge in [0.05, 0.1) is 12.0 Å². The van der Waals surface area contributed by atoms with Crippen molar-refractivity contribution in [1.82, 2.24) is 10.6 Å². The zero-order valence-electron chi connectivity index (χ0n) is 16.4. The van der Waals surface area contributed by atoms with Gasteiger partial charge >= 0.3 is 0 Å². The first-order valence-corrected chi connectivity index (χ1v) is 10.5. The lowest BCUT2D eigenvalue weighted by Crippen LogP contribution is -2.61. The van der Waals surface area contributed by atoms with Crippen LogP contribution >= 0.6 is 23.8 Å². The molecule has 0 amide bonds. The Labute approximate surface area is 186 Å². The van der Waals surface area contributed by atoms with Gasteiger partial charge in [-0.15, -0.1) is 0 Å². The quantitative estimate of drug-likeness (QED) is 0.384. The SMILES string of the molecule is Cc1ccc(C(=O)[C@H]2[C@@H](Nc3ccc(Cl)cc3)NC(=S)N[C@H]2c2ccccc2)cc1. The molecule has 0 aliphatic carbocycles. The zero-order chi connectivity index (χ0) is 21.1. The number of hydrogen-bond acceptors (Lipinski definition) is 3. The molecule has 0 aromatic heterocycles. The van der Waals surface area contributed by atoms with Crippen LogP contribution in [0.25, 0.3) is 0 Å². The van der Waals surface area contributed by atoms with E-state index in [2.05, 4.69) is 16.0 Å². The van der Waals surface area contributed by atoms with Gasteiger partial charge in [-0.2, -0.15) is 0 Å². The Bertz CT molecular complexity index is 1040. The maximum absolute atomic E-state index is 13.7. The second kappa shape index (κ2) is 8.86. The Balaban J connectivity index is 1.73. The normalized spacial score (nSPS) is 20.7. The van der Waals surface area contributed by atoms with Crippen LogP contribution in [0.15, 0.2) is 78.9 Å². The van der Waals surface area contributed by atoms with Gasteiger partial charge in [-0.3, -0.25) is 4.79 Å². The van der Waals surface area contributed by atoms with Crippen molar-refractivity contribution in [3.8, 4) is 0 Å². The lowest BCUT2D eigenvalue weighted by atomic mass is 9.82. The van der Waals surface area contributed by atoms with E-state index in [-0.39, 0.29) is 18.0 Å². The monoisotopic (exact) mass is 435 g/mol. The molecule has 0 saturated carbocycles. The van der Waals surface area contributed by atoms with Crippen molar-refractivity contribution in [3.63, 3.8) is 0 Å². The first kappa shape index (κ1) is 20.4. The van der Waals surface area contributed by atoms with Gasteiger partial charge in [0, 0.05) is 16.3 Å². The molecule has 6 heteroatoms. The molecule has 0 unspecified atom stereocenters. The number of nitrogens with one attached hydrogen (secondary N) is 3. The number of thiocarbonyl (C=S) groups is 1. The molecular weight excluding hydrogens is 414 g/mol. The van der Waals surface area contributed by atoms with Crippen molar-refractivity contribution in [3.05, 3.63) is 101 Å². The van der Waals surface area contributed by atoms with E-state index in [0.717, 1.165) is 16.8 Å². The van der Waals surface area contributed by atoms with E-state index < -0.39 is 5.92 Å². The van der Waals surface area contributed by atoms with Crippen LogP contribution in [0.2, 0.25) is 5.02 Å². The maximum Gasteiger partial charge on any atom is 0.172 e. The van der Waals surface area contributed by atoms with Crippen LogP contribution in [0.3, 0.4) is 0 Å². The summed E-state index contributed by atoms with van der Waals surface area (Å²) in [7, 11) is 0. The Hall–Kier alpha value is -2.89. The highest BCUT2D eigenvalue weighted by molar-refractivity contribution is 7.80. The second-order valence-corrected chi connectivity index (χ2v) is 8.24. The molecule has 3 N–H and O–H groups in total. The van der Waals surface area contributed by atoms with Crippen molar-refractivity contribution in [2.24, 2.45) is 5.92 Å². The van der Waals surface area contributed by atoms with Crippen LogP contribution in [-0.4, -0.2) is 17.1 Å². The smallest absolute Gasteiger partial charge is 0.172 e. The number of rotatable bonds is 5. The molecule has 1 aliphatic heterocycles. The average Bonchev–Trinajstić information content (AvgIpc) is 2.76. The number of carbonyl (C=O) groups is 1. The summed E-state index contributed by atoms with van der Waals surface area (Å²) in [6.07, 6.45) is -0.390. The highest BCUT2D eigenvalue weighted by atomic mass is 35.5. The highest BCUT2D eigenvalue weighted by Gasteiger charge is 2.41. The maximum atomic E-state index is 13.7. The third kappa shape index (κ3) is 4.48. The molecule has 1 heterocycles. The molecule has 1 aliphatic rings. The van der Waals surface area contributed by atoms with E-state index in [1.165, 1.54) is 0 Å². The molecule has 0 bridgehead atoms. The standard InChI is InChI=1S/C24H22ClN3OS/c1-15-7-9-17(10-8-15)22(29)20-21(16-5-3-2-4-6-16)27-24(30)28-23(20)26-19-13-11-18(25)12-14-19/h2-14,20-21,23,26H,1H3,(H2,27,28,30)/t20-,21-,23-/m0/s1. The van der Waals surface area contributed by atoms with Gasteiger partial charge in [-0.1, -0.05) is 71.8 Å². The van der Waals surface area contributed by atoms with Gasteiger partial charge in [0.1, 0.15) is 6.17 Å². The Kier molecular flexibility index (Phi) is 6.02. The van der Waals surface area contributed by atoms with Gasteiger partial charge in [0.15, 0.2) is 10.9 Å². The minimum absolute atomic E-state index is 0.0396. The van der Waals surface area contributed by atoms with E-state index in [1.54, 1.807) is 0 Å². The van der Waals surface area contributed by atoms with E-state index in [9.17, 15) is 4.79 Å².